The molecule has 0 heterocycles. The van der Waals surface area contributed by atoms with E-state index in [1.807, 2.05) is 6.92 Å². The van der Waals surface area contributed by atoms with Gasteiger partial charge in [0.25, 0.3) is 0 Å². The summed E-state index contributed by atoms with van der Waals surface area (Å²) in [7, 11) is -3.55. The summed E-state index contributed by atoms with van der Waals surface area (Å²) >= 11 is 0. The largest absolute Gasteiger partial charge is 0.240 e. The number of nitrogens with one attached hydrogen (secondary N) is 1. The predicted octanol–water partition coefficient (Wildman–Crippen LogP) is 3.18. The van der Waals surface area contributed by atoms with Crippen molar-refractivity contribution in [1.29, 1.82) is 0 Å². The van der Waals surface area contributed by atoms with Gasteiger partial charge in [-0.3, -0.25) is 0 Å². The van der Waals surface area contributed by atoms with E-state index in [4.69, 9.17) is 0 Å². The van der Waals surface area contributed by atoms with Crippen molar-refractivity contribution in [2.45, 2.75) is 24.7 Å². The molecule has 0 fully saturated rings. The fourth-order valence-corrected chi connectivity index (χ4v) is 3.08. The average Bonchev–Trinajstić information content (AvgIpc) is 2.46. The van der Waals surface area contributed by atoms with E-state index in [0.29, 0.717) is 18.4 Å². The summed E-state index contributed by atoms with van der Waals surface area (Å²) in [4.78, 5) is 0.200. The molecule has 0 saturated carbocycles. The number of hydrogen-bond donors (Lipinski definition) is 1. The molecule has 0 aliphatic heterocycles. The Bertz CT molecular complexity index is 743. The highest BCUT2D eigenvalue weighted by molar-refractivity contribution is 7.89. The fourth-order valence-electron chi connectivity index (χ4n) is 2.01. The normalized spacial score (nSPS) is 11.6. The molecule has 22 heavy (non-hydrogen) atoms. The summed E-state index contributed by atoms with van der Waals surface area (Å²) in [6, 6.07) is 9.92. The van der Waals surface area contributed by atoms with E-state index in [1.54, 1.807) is 12.1 Å². The predicted molar refractivity (Wildman–Crippen MR) is 81.0 cm³/mol. The molecule has 2 aromatic rings. The Morgan fingerprint density at radius 1 is 1.05 bits per heavy atom. The second-order valence-electron chi connectivity index (χ2n) is 5.05. The summed E-state index contributed by atoms with van der Waals surface area (Å²) < 4.78 is 52.7. The first kappa shape index (κ1) is 16.6. The van der Waals surface area contributed by atoms with Crippen LogP contribution in [0.3, 0.4) is 0 Å². The quantitative estimate of drug-likeness (QED) is 0.829. The third kappa shape index (κ3) is 4.35. The number of aryl methyl sites for hydroxylation is 2. The lowest BCUT2D eigenvalue weighted by molar-refractivity contribution is 0.565. The molecule has 2 rings (SSSR count). The molecule has 3 nitrogen and oxygen atoms in total. The van der Waals surface area contributed by atoms with Crippen LogP contribution < -0.4 is 4.72 Å². The minimum atomic E-state index is -3.55. The van der Waals surface area contributed by atoms with Crippen molar-refractivity contribution in [2.24, 2.45) is 0 Å². The van der Waals surface area contributed by atoms with Gasteiger partial charge < -0.3 is 0 Å². The first-order valence-corrected chi connectivity index (χ1v) is 8.37. The molecule has 0 aromatic heterocycles. The van der Waals surface area contributed by atoms with Gasteiger partial charge in [-0.15, -0.1) is 0 Å². The van der Waals surface area contributed by atoms with Crippen molar-refractivity contribution in [3.8, 4) is 0 Å². The van der Waals surface area contributed by atoms with E-state index >= 15 is 0 Å². The zero-order valence-electron chi connectivity index (χ0n) is 12.1. The molecule has 0 spiro atoms. The first-order chi connectivity index (χ1) is 10.4. The lowest BCUT2D eigenvalue weighted by atomic mass is 10.1. The van der Waals surface area contributed by atoms with Gasteiger partial charge in [-0.05, 0) is 43.5 Å². The highest BCUT2D eigenvalue weighted by Gasteiger charge is 2.12. The molecule has 6 heteroatoms. The van der Waals surface area contributed by atoms with Crippen molar-refractivity contribution in [3.63, 3.8) is 0 Å². The van der Waals surface area contributed by atoms with Crippen LogP contribution in [0.4, 0.5) is 8.78 Å². The molecule has 0 atom stereocenters. The third-order valence-electron chi connectivity index (χ3n) is 3.26. The molecule has 0 saturated heterocycles. The Balaban J connectivity index is 1.89. The SMILES string of the molecule is Cc1ccc(S(=O)(=O)NCCCc2ccc(F)cc2F)cc1. The lowest BCUT2D eigenvalue weighted by Crippen LogP contribution is -2.25. The highest BCUT2D eigenvalue weighted by atomic mass is 32.2. The van der Waals surface area contributed by atoms with E-state index in [0.717, 1.165) is 11.6 Å². The maximum absolute atomic E-state index is 13.4. The minimum Gasteiger partial charge on any atom is -0.211 e. The summed E-state index contributed by atoms with van der Waals surface area (Å²) in [5.41, 5.74) is 1.35. The maximum atomic E-state index is 13.4. The number of benzene rings is 2. The maximum Gasteiger partial charge on any atom is 0.240 e. The molecule has 2 aromatic carbocycles. The Hall–Kier alpha value is -1.79. The Morgan fingerprint density at radius 3 is 2.36 bits per heavy atom. The van der Waals surface area contributed by atoms with Gasteiger partial charge in [0.2, 0.25) is 10.0 Å². The lowest BCUT2D eigenvalue weighted by Gasteiger charge is -2.07. The first-order valence-electron chi connectivity index (χ1n) is 6.89. The molecule has 0 aliphatic carbocycles. The topological polar surface area (TPSA) is 46.2 Å². The van der Waals surface area contributed by atoms with Gasteiger partial charge >= 0.3 is 0 Å². The molecule has 1 N–H and O–H groups in total. The van der Waals surface area contributed by atoms with Gasteiger partial charge in [0, 0.05) is 12.6 Å². The molecular weight excluding hydrogens is 308 g/mol. The molecule has 0 amide bonds. The average molecular weight is 325 g/mol. The van der Waals surface area contributed by atoms with Crippen LogP contribution in [0.1, 0.15) is 17.5 Å². The van der Waals surface area contributed by atoms with Gasteiger partial charge in [0.1, 0.15) is 11.6 Å². The van der Waals surface area contributed by atoms with Crippen LogP contribution in [0.25, 0.3) is 0 Å². The summed E-state index contributed by atoms with van der Waals surface area (Å²) in [6.45, 7) is 2.06. The van der Waals surface area contributed by atoms with E-state index in [2.05, 4.69) is 4.72 Å². The summed E-state index contributed by atoms with van der Waals surface area (Å²) in [6.07, 6.45) is 0.760. The van der Waals surface area contributed by atoms with Crippen LogP contribution in [0.5, 0.6) is 0 Å². The Labute approximate surface area is 129 Å². The summed E-state index contributed by atoms with van der Waals surface area (Å²) in [5.74, 6) is -1.23. The molecule has 118 valence electrons. The van der Waals surface area contributed by atoms with E-state index in [1.165, 1.54) is 24.3 Å². The van der Waals surface area contributed by atoms with Gasteiger partial charge in [-0.25, -0.2) is 21.9 Å². The molecule has 0 aliphatic rings. The minimum absolute atomic E-state index is 0.188. The van der Waals surface area contributed by atoms with Crippen molar-refractivity contribution < 1.29 is 17.2 Å². The third-order valence-corrected chi connectivity index (χ3v) is 4.74. The number of hydrogen-bond acceptors (Lipinski definition) is 2. The zero-order chi connectivity index (χ0) is 16.2. The molecular formula is C16H17F2NO2S. The van der Waals surface area contributed by atoms with Gasteiger partial charge in [0.05, 0.1) is 4.90 Å². The number of rotatable bonds is 6. The second-order valence-corrected chi connectivity index (χ2v) is 6.82. The van der Waals surface area contributed by atoms with Crippen LogP contribution in [-0.4, -0.2) is 15.0 Å². The number of sulfonamides is 1. The van der Waals surface area contributed by atoms with Gasteiger partial charge in [0.15, 0.2) is 0 Å². The van der Waals surface area contributed by atoms with E-state index in [9.17, 15) is 17.2 Å². The Kier molecular flexibility index (Phi) is 5.26. The zero-order valence-corrected chi connectivity index (χ0v) is 13.0. The van der Waals surface area contributed by atoms with Crippen LogP contribution in [0.2, 0.25) is 0 Å². The van der Waals surface area contributed by atoms with Crippen LogP contribution in [-0.2, 0) is 16.4 Å². The van der Waals surface area contributed by atoms with Crippen LogP contribution in [0.15, 0.2) is 47.4 Å². The molecule has 0 radical (unpaired) electrons. The molecule has 0 unspecified atom stereocenters. The van der Waals surface area contributed by atoms with Crippen LogP contribution >= 0.6 is 0 Å². The standard InChI is InChI=1S/C16H17F2NO2S/c1-12-4-8-15(9-5-12)22(20,21)19-10-2-3-13-6-7-14(17)11-16(13)18/h4-9,11,19H,2-3,10H2,1H3. The van der Waals surface area contributed by atoms with Crippen molar-refractivity contribution in [3.05, 3.63) is 65.2 Å². The fraction of sp³-hybridized carbons (Fsp3) is 0.250. The van der Waals surface area contributed by atoms with Crippen molar-refractivity contribution >= 4 is 10.0 Å². The Morgan fingerprint density at radius 2 is 1.73 bits per heavy atom. The number of halogens is 2. The smallest absolute Gasteiger partial charge is 0.211 e. The second kappa shape index (κ2) is 6.98. The van der Waals surface area contributed by atoms with Crippen molar-refractivity contribution in [2.75, 3.05) is 6.54 Å². The van der Waals surface area contributed by atoms with E-state index in [-0.39, 0.29) is 11.4 Å². The van der Waals surface area contributed by atoms with Gasteiger partial charge in [-0.1, -0.05) is 23.8 Å². The van der Waals surface area contributed by atoms with Crippen molar-refractivity contribution in [1.82, 2.24) is 4.72 Å². The summed E-state index contributed by atoms with van der Waals surface area (Å²) in [5, 5.41) is 0. The molecule has 0 bridgehead atoms. The van der Waals surface area contributed by atoms with E-state index < -0.39 is 21.7 Å². The highest BCUT2D eigenvalue weighted by Crippen LogP contribution is 2.12. The van der Waals surface area contributed by atoms with Gasteiger partial charge in [-0.2, -0.15) is 0 Å². The van der Waals surface area contributed by atoms with Crippen LogP contribution in [0, 0.1) is 18.6 Å². The monoisotopic (exact) mass is 325 g/mol.